The van der Waals surface area contributed by atoms with Crippen LogP contribution in [0.25, 0.3) is 0 Å². The first kappa shape index (κ1) is 15.4. The lowest BCUT2D eigenvalue weighted by Gasteiger charge is -2.36. The maximum atomic E-state index is 13.7. The molecule has 2 rings (SSSR count). The fraction of sp³-hybridized carbons (Fsp3) is 0.429. The van der Waals surface area contributed by atoms with Crippen LogP contribution in [0.1, 0.15) is 10.4 Å². The fourth-order valence-electron chi connectivity index (χ4n) is 2.28. The normalized spacial score (nSPS) is 18.5. The Morgan fingerprint density at radius 1 is 1.33 bits per heavy atom. The van der Waals surface area contributed by atoms with Crippen molar-refractivity contribution >= 4 is 11.8 Å². The van der Waals surface area contributed by atoms with Gasteiger partial charge in [0.15, 0.2) is 0 Å². The summed E-state index contributed by atoms with van der Waals surface area (Å²) in [6, 6.07) is 2.00. The molecule has 1 unspecified atom stereocenters. The molecule has 0 saturated carbocycles. The topological polar surface area (TPSA) is 52.7 Å². The van der Waals surface area contributed by atoms with E-state index in [1.807, 2.05) is 0 Å². The minimum absolute atomic E-state index is 0.257. The number of rotatable bonds is 2. The average molecular weight is 297 g/mol. The molecule has 0 aliphatic carbocycles. The van der Waals surface area contributed by atoms with Crippen LogP contribution >= 0.6 is 0 Å². The van der Waals surface area contributed by atoms with Crippen molar-refractivity contribution in [3.05, 3.63) is 35.4 Å². The van der Waals surface area contributed by atoms with Gasteiger partial charge in [0.2, 0.25) is 5.91 Å². The predicted molar refractivity (Wildman–Crippen MR) is 72.7 cm³/mol. The van der Waals surface area contributed by atoms with Gasteiger partial charge in [0.1, 0.15) is 17.7 Å². The minimum Gasteiger partial charge on any atom is -0.347 e. The van der Waals surface area contributed by atoms with Crippen molar-refractivity contribution in [3.8, 4) is 0 Å². The van der Waals surface area contributed by atoms with Crippen molar-refractivity contribution in [3.63, 3.8) is 0 Å². The number of likely N-dealkylation sites (N-methyl/N-ethyl adjacent to an activating group) is 1. The van der Waals surface area contributed by atoms with Crippen LogP contribution in [0, 0.1) is 11.6 Å². The first-order valence-corrected chi connectivity index (χ1v) is 6.59. The molecule has 0 bridgehead atoms. The molecule has 0 radical (unpaired) electrons. The van der Waals surface area contributed by atoms with E-state index in [9.17, 15) is 18.4 Å². The highest BCUT2D eigenvalue weighted by molar-refractivity contribution is 5.98. The average Bonchev–Trinajstić information content (AvgIpc) is 2.48. The van der Waals surface area contributed by atoms with Gasteiger partial charge in [-0.15, -0.1) is 0 Å². The van der Waals surface area contributed by atoms with Crippen LogP contribution in [0.15, 0.2) is 18.2 Å². The molecule has 1 fully saturated rings. The number of carbonyl (C=O) groups excluding carboxylic acids is 2. The van der Waals surface area contributed by atoms with Gasteiger partial charge < -0.3 is 15.1 Å². The van der Waals surface area contributed by atoms with E-state index in [-0.39, 0.29) is 18.0 Å². The van der Waals surface area contributed by atoms with Crippen LogP contribution in [0.4, 0.5) is 8.78 Å². The Balaban J connectivity index is 2.30. The SMILES string of the molecule is CN(C)C(=O)C1CNCCN1C(=O)c1cc(F)ccc1F. The highest BCUT2D eigenvalue weighted by Crippen LogP contribution is 2.16. The molecular formula is C14H17F2N3O2. The number of nitrogens with zero attached hydrogens (tertiary/aromatic N) is 2. The molecule has 1 aromatic rings. The summed E-state index contributed by atoms with van der Waals surface area (Å²) in [6.07, 6.45) is 0. The van der Waals surface area contributed by atoms with E-state index in [0.717, 1.165) is 18.2 Å². The van der Waals surface area contributed by atoms with Gasteiger partial charge in [-0.05, 0) is 18.2 Å². The molecule has 1 aliphatic rings. The lowest BCUT2D eigenvalue weighted by molar-refractivity contribution is -0.134. The molecule has 1 aromatic carbocycles. The Bertz CT molecular complexity index is 563. The van der Waals surface area contributed by atoms with Crippen molar-refractivity contribution < 1.29 is 18.4 Å². The number of carbonyl (C=O) groups is 2. The second-order valence-electron chi connectivity index (χ2n) is 5.08. The van der Waals surface area contributed by atoms with Crippen molar-refractivity contribution in [2.75, 3.05) is 33.7 Å². The second-order valence-corrected chi connectivity index (χ2v) is 5.08. The summed E-state index contributed by atoms with van der Waals surface area (Å²) in [7, 11) is 3.17. The summed E-state index contributed by atoms with van der Waals surface area (Å²) in [5, 5.41) is 3.02. The number of nitrogens with one attached hydrogen (secondary N) is 1. The maximum absolute atomic E-state index is 13.7. The van der Waals surface area contributed by atoms with Gasteiger partial charge in [-0.3, -0.25) is 9.59 Å². The molecule has 5 nitrogen and oxygen atoms in total. The minimum atomic E-state index is -0.795. The zero-order chi connectivity index (χ0) is 15.6. The van der Waals surface area contributed by atoms with Gasteiger partial charge >= 0.3 is 0 Å². The first-order chi connectivity index (χ1) is 9.91. The molecule has 1 saturated heterocycles. The summed E-state index contributed by atoms with van der Waals surface area (Å²) in [5.74, 6) is -2.41. The second kappa shape index (κ2) is 6.17. The fourth-order valence-corrected chi connectivity index (χ4v) is 2.28. The van der Waals surface area contributed by atoms with E-state index in [1.54, 1.807) is 14.1 Å². The summed E-state index contributed by atoms with van der Waals surface area (Å²) in [4.78, 5) is 27.2. The molecular weight excluding hydrogens is 280 g/mol. The van der Waals surface area contributed by atoms with Gasteiger partial charge in [-0.2, -0.15) is 0 Å². The Labute approximate surface area is 121 Å². The van der Waals surface area contributed by atoms with Crippen LogP contribution in [0.2, 0.25) is 0 Å². The molecule has 114 valence electrons. The number of benzene rings is 1. The van der Waals surface area contributed by atoms with Gasteiger partial charge in [0, 0.05) is 33.7 Å². The standard InChI is InChI=1S/C14H17F2N3O2/c1-18(2)14(21)12-8-17-5-6-19(12)13(20)10-7-9(15)3-4-11(10)16/h3-4,7,12,17H,5-6,8H2,1-2H3. The van der Waals surface area contributed by atoms with E-state index in [2.05, 4.69) is 5.32 Å². The number of hydrogen-bond acceptors (Lipinski definition) is 3. The molecule has 7 heteroatoms. The molecule has 2 amide bonds. The van der Waals surface area contributed by atoms with E-state index in [1.165, 1.54) is 9.80 Å². The molecule has 0 spiro atoms. The van der Waals surface area contributed by atoms with Crippen LogP contribution in [-0.2, 0) is 4.79 Å². The summed E-state index contributed by atoms with van der Waals surface area (Å²) in [6.45, 7) is 1.05. The molecule has 1 heterocycles. The monoisotopic (exact) mass is 297 g/mol. The molecule has 21 heavy (non-hydrogen) atoms. The van der Waals surface area contributed by atoms with Crippen LogP contribution in [0.3, 0.4) is 0 Å². The van der Waals surface area contributed by atoms with E-state index in [4.69, 9.17) is 0 Å². The maximum Gasteiger partial charge on any atom is 0.257 e. The Morgan fingerprint density at radius 3 is 2.71 bits per heavy atom. The smallest absolute Gasteiger partial charge is 0.257 e. The van der Waals surface area contributed by atoms with E-state index < -0.39 is 23.6 Å². The highest BCUT2D eigenvalue weighted by Gasteiger charge is 2.34. The van der Waals surface area contributed by atoms with Crippen molar-refractivity contribution in [1.82, 2.24) is 15.1 Å². The Hall–Kier alpha value is -2.02. The van der Waals surface area contributed by atoms with Gasteiger partial charge in [-0.1, -0.05) is 0 Å². The van der Waals surface area contributed by atoms with E-state index >= 15 is 0 Å². The zero-order valence-electron chi connectivity index (χ0n) is 11.9. The quantitative estimate of drug-likeness (QED) is 0.863. The third-order valence-corrected chi connectivity index (χ3v) is 3.39. The molecule has 1 aliphatic heterocycles. The van der Waals surface area contributed by atoms with Crippen molar-refractivity contribution in [2.45, 2.75) is 6.04 Å². The Morgan fingerprint density at radius 2 is 2.05 bits per heavy atom. The predicted octanol–water partition coefficient (Wildman–Crippen LogP) is 0.467. The van der Waals surface area contributed by atoms with Crippen molar-refractivity contribution in [2.24, 2.45) is 0 Å². The number of piperazine rings is 1. The van der Waals surface area contributed by atoms with Gasteiger partial charge in [0.05, 0.1) is 5.56 Å². The lowest BCUT2D eigenvalue weighted by atomic mass is 10.1. The molecule has 1 N–H and O–H groups in total. The summed E-state index contributed by atoms with van der Waals surface area (Å²) in [5.41, 5.74) is -0.353. The largest absolute Gasteiger partial charge is 0.347 e. The third-order valence-electron chi connectivity index (χ3n) is 3.39. The molecule has 1 atom stereocenters. The van der Waals surface area contributed by atoms with Gasteiger partial charge in [0.25, 0.3) is 5.91 Å². The van der Waals surface area contributed by atoms with Crippen LogP contribution < -0.4 is 5.32 Å². The summed E-state index contributed by atoms with van der Waals surface area (Å²) >= 11 is 0. The van der Waals surface area contributed by atoms with Crippen LogP contribution in [0.5, 0.6) is 0 Å². The Kier molecular flexibility index (Phi) is 4.52. The number of hydrogen-bond donors (Lipinski definition) is 1. The molecule has 0 aromatic heterocycles. The number of amides is 2. The van der Waals surface area contributed by atoms with E-state index in [0.29, 0.717) is 13.1 Å². The highest BCUT2D eigenvalue weighted by atomic mass is 19.1. The third kappa shape index (κ3) is 3.18. The first-order valence-electron chi connectivity index (χ1n) is 6.59. The lowest BCUT2D eigenvalue weighted by Crippen LogP contribution is -2.59. The zero-order valence-corrected chi connectivity index (χ0v) is 11.9. The number of halogens is 2. The van der Waals surface area contributed by atoms with Gasteiger partial charge in [-0.25, -0.2) is 8.78 Å². The van der Waals surface area contributed by atoms with Crippen molar-refractivity contribution in [1.29, 1.82) is 0 Å². The van der Waals surface area contributed by atoms with Crippen LogP contribution in [-0.4, -0.2) is 61.4 Å². The summed E-state index contributed by atoms with van der Waals surface area (Å²) < 4.78 is 27.0.